The van der Waals surface area contributed by atoms with Crippen molar-refractivity contribution < 1.29 is 20.1 Å². The van der Waals surface area contributed by atoms with Crippen LogP contribution in [0.15, 0.2) is 0 Å². The molecule has 1 heterocycles. The molecule has 1 aliphatic rings. The van der Waals surface area contributed by atoms with E-state index in [9.17, 15) is 20.1 Å². The summed E-state index contributed by atoms with van der Waals surface area (Å²) in [5, 5.41) is 33.5. The zero-order chi connectivity index (χ0) is 13.6. The lowest BCUT2D eigenvalue weighted by Crippen LogP contribution is -2.61. The van der Waals surface area contributed by atoms with Gasteiger partial charge in [-0.1, -0.05) is 6.92 Å². The summed E-state index contributed by atoms with van der Waals surface area (Å²) in [6.07, 6.45) is 2.17. The SMILES string of the molecule is CCC1(C(=O)NC(CO)(CO)CO)CCNCC1. The highest BCUT2D eigenvalue weighted by Crippen LogP contribution is 2.33. The van der Waals surface area contributed by atoms with Gasteiger partial charge in [-0.2, -0.15) is 0 Å². The second-order valence-corrected chi connectivity index (χ2v) is 5.09. The molecule has 0 aromatic rings. The molecule has 5 N–H and O–H groups in total. The Bertz CT molecular complexity index is 265. The number of rotatable bonds is 6. The maximum absolute atomic E-state index is 12.4. The molecule has 0 saturated carbocycles. The highest BCUT2D eigenvalue weighted by atomic mass is 16.3. The molecule has 1 rings (SSSR count). The smallest absolute Gasteiger partial charge is 0.226 e. The fourth-order valence-electron chi connectivity index (χ4n) is 2.29. The lowest BCUT2D eigenvalue weighted by molar-refractivity contribution is -0.137. The summed E-state index contributed by atoms with van der Waals surface area (Å²) in [4.78, 5) is 12.4. The van der Waals surface area contributed by atoms with Gasteiger partial charge < -0.3 is 26.0 Å². The van der Waals surface area contributed by atoms with Gasteiger partial charge in [-0.05, 0) is 32.4 Å². The average Bonchev–Trinajstić information content (AvgIpc) is 2.45. The van der Waals surface area contributed by atoms with Crippen molar-refractivity contribution in [3.8, 4) is 0 Å². The maximum Gasteiger partial charge on any atom is 0.226 e. The molecule has 0 aromatic heterocycles. The minimum atomic E-state index is -1.33. The van der Waals surface area contributed by atoms with Crippen molar-refractivity contribution in [2.75, 3.05) is 32.9 Å². The topological polar surface area (TPSA) is 102 Å². The van der Waals surface area contributed by atoms with Crippen molar-refractivity contribution in [1.82, 2.24) is 10.6 Å². The second kappa shape index (κ2) is 6.47. The van der Waals surface area contributed by atoms with Crippen LogP contribution in [0.3, 0.4) is 0 Å². The Morgan fingerprint density at radius 1 is 1.22 bits per heavy atom. The summed E-state index contributed by atoms with van der Waals surface area (Å²) in [6.45, 7) is 2.08. The van der Waals surface area contributed by atoms with Crippen LogP contribution in [0.4, 0.5) is 0 Å². The minimum absolute atomic E-state index is 0.191. The van der Waals surface area contributed by atoms with Crippen LogP contribution in [0.5, 0.6) is 0 Å². The lowest BCUT2D eigenvalue weighted by atomic mass is 9.75. The standard InChI is InChI=1S/C12H24N2O4/c1-2-11(3-5-13-6-4-11)10(18)14-12(7-15,8-16)9-17/h13,15-17H,2-9H2,1H3,(H,14,18). The van der Waals surface area contributed by atoms with E-state index in [4.69, 9.17) is 0 Å². The van der Waals surface area contributed by atoms with Crippen LogP contribution in [0.2, 0.25) is 0 Å². The van der Waals surface area contributed by atoms with Gasteiger partial charge >= 0.3 is 0 Å². The number of aliphatic hydroxyl groups is 3. The Morgan fingerprint density at radius 2 is 1.72 bits per heavy atom. The molecule has 0 radical (unpaired) electrons. The lowest BCUT2D eigenvalue weighted by Gasteiger charge is -2.39. The van der Waals surface area contributed by atoms with Crippen LogP contribution in [-0.2, 0) is 4.79 Å². The van der Waals surface area contributed by atoms with Crippen LogP contribution in [0.1, 0.15) is 26.2 Å². The molecule has 0 bridgehead atoms. The van der Waals surface area contributed by atoms with E-state index in [2.05, 4.69) is 10.6 Å². The van der Waals surface area contributed by atoms with Gasteiger partial charge in [0.25, 0.3) is 0 Å². The quantitative estimate of drug-likeness (QED) is 0.404. The molecular weight excluding hydrogens is 236 g/mol. The largest absolute Gasteiger partial charge is 0.394 e. The van der Waals surface area contributed by atoms with Crippen LogP contribution < -0.4 is 10.6 Å². The van der Waals surface area contributed by atoms with Crippen molar-refractivity contribution in [3.63, 3.8) is 0 Å². The molecule has 6 heteroatoms. The van der Waals surface area contributed by atoms with E-state index >= 15 is 0 Å². The van der Waals surface area contributed by atoms with Crippen molar-refractivity contribution in [2.45, 2.75) is 31.7 Å². The van der Waals surface area contributed by atoms with E-state index < -0.39 is 30.8 Å². The monoisotopic (exact) mass is 260 g/mol. The third-order valence-corrected chi connectivity index (χ3v) is 4.01. The van der Waals surface area contributed by atoms with E-state index in [0.29, 0.717) is 6.42 Å². The van der Waals surface area contributed by atoms with E-state index in [1.807, 2.05) is 6.92 Å². The summed E-state index contributed by atoms with van der Waals surface area (Å²) in [7, 11) is 0. The van der Waals surface area contributed by atoms with E-state index in [0.717, 1.165) is 25.9 Å². The number of carbonyl (C=O) groups excluding carboxylic acids is 1. The first kappa shape index (κ1) is 15.4. The van der Waals surface area contributed by atoms with Gasteiger partial charge in [-0.3, -0.25) is 4.79 Å². The number of aliphatic hydroxyl groups excluding tert-OH is 3. The molecule has 6 nitrogen and oxygen atoms in total. The van der Waals surface area contributed by atoms with Gasteiger partial charge in [-0.25, -0.2) is 0 Å². The Kier molecular flexibility index (Phi) is 5.52. The van der Waals surface area contributed by atoms with Crippen molar-refractivity contribution in [2.24, 2.45) is 5.41 Å². The molecule has 0 spiro atoms. The van der Waals surface area contributed by atoms with Crippen LogP contribution >= 0.6 is 0 Å². The first-order valence-electron chi connectivity index (χ1n) is 6.44. The summed E-state index contributed by atoms with van der Waals surface area (Å²) in [5.41, 5.74) is -1.79. The van der Waals surface area contributed by atoms with Crippen LogP contribution in [0.25, 0.3) is 0 Å². The highest BCUT2D eigenvalue weighted by Gasteiger charge is 2.41. The van der Waals surface area contributed by atoms with Gasteiger partial charge in [0.2, 0.25) is 5.91 Å². The zero-order valence-corrected chi connectivity index (χ0v) is 10.9. The second-order valence-electron chi connectivity index (χ2n) is 5.09. The predicted molar refractivity (Wildman–Crippen MR) is 67.0 cm³/mol. The van der Waals surface area contributed by atoms with Gasteiger partial charge in [0, 0.05) is 0 Å². The number of hydrogen-bond donors (Lipinski definition) is 5. The zero-order valence-electron chi connectivity index (χ0n) is 10.9. The van der Waals surface area contributed by atoms with Gasteiger partial charge in [-0.15, -0.1) is 0 Å². The normalized spacial score (nSPS) is 19.6. The number of nitrogens with one attached hydrogen (secondary N) is 2. The molecule has 0 atom stereocenters. The number of amides is 1. The molecule has 0 aliphatic carbocycles. The number of hydrogen-bond acceptors (Lipinski definition) is 5. The summed E-state index contributed by atoms with van der Waals surface area (Å²) in [5.74, 6) is -0.191. The fourth-order valence-corrected chi connectivity index (χ4v) is 2.29. The molecular formula is C12H24N2O4. The summed E-state index contributed by atoms with van der Waals surface area (Å²) in [6, 6.07) is 0. The van der Waals surface area contributed by atoms with Crippen molar-refractivity contribution in [1.29, 1.82) is 0 Å². The van der Waals surface area contributed by atoms with Crippen LogP contribution in [-0.4, -0.2) is 59.7 Å². The van der Waals surface area contributed by atoms with E-state index in [-0.39, 0.29) is 5.91 Å². The minimum Gasteiger partial charge on any atom is -0.394 e. The fraction of sp³-hybridized carbons (Fsp3) is 0.917. The van der Waals surface area contributed by atoms with Gasteiger partial charge in [0.1, 0.15) is 5.54 Å². The summed E-state index contributed by atoms with van der Waals surface area (Å²) >= 11 is 0. The maximum atomic E-state index is 12.4. The Labute approximate surface area is 107 Å². The molecule has 106 valence electrons. The third-order valence-electron chi connectivity index (χ3n) is 4.01. The molecule has 1 aliphatic heterocycles. The molecule has 0 aromatic carbocycles. The van der Waals surface area contributed by atoms with Gasteiger partial charge in [0.05, 0.1) is 25.2 Å². The van der Waals surface area contributed by atoms with E-state index in [1.54, 1.807) is 0 Å². The molecule has 18 heavy (non-hydrogen) atoms. The molecule has 1 saturated heterocycles. The first-order valence-corrected chi connectivity index (χ1v) is 6.44. The highest BCUT2D eigenvalue weighted by molar-refractivity contribution is 5.83. The number of piperidine rings is 1. The average molecular weight is 260 g/mol. The molecule has 1 fully saturated rings. The third kappa shape index (κ3) is 3.00. The Hall–Kier alpha value is -0.690. The molecule has 1 amide bonds. The van der Waals surface area contributed by atoms with Crippen molar-refractivity contribution in [3.05, 3.63) is 0 Å². The first-order chi connectivity index (χ1) is 8.58. The predicted octanol–water partition coefficient (Wildman–Crippen LogP) is -1.40. The van der Waals surface area contributed by atoms with Crippen LogP contribution in [0, 0.1) is 5.41 Å². The molecule has 0 unspecified atom stereocenters. The number of carbonyl (C=O) groups is 1. The Morgan fingerprint density at radius 3 is 2.11 bits per heavy atom. The van der Waals surface area contributed by atoms with Gasteiger partial charge in [0.15, 0.2) is 0 Å². The van der Waals surface area contributed by atoms with E-state index in [1.165, 1.54) is 0 Å². The Balaban J connectivity index is 2.78. The summed E-state index contributed by atoms with van der Waals surface area (Å²) < 4.78 is 0. The van der Waals surface area contributed by atoms with Crippen molar-refractivity contribution >= 4 is 5.91 Å².